The molecule has 2 aliphatic heterocycles. The van der Waals surface area contributed by atoms with Crippen LogP contribution < -0.4 is 14.4 Å². The highest BCUT2D eigenvalue weighted by Crippen LogP contribution is 2.47. The summed E-state index contributed by atoms with van der Waals surface area (Å²) in [4.78, 5) is 33.0. The zero-order valence-corrected chi connectivity index (χ0v) is 23.7. The number of halogens is 2. The molecule has 3 aromatic carbocycles. The summed E-state index contributed by atoms with van der Waals surface area (Å²) in [6.07, 6.45) is 0.655. The van der Waals surface area contributed by atoms with Gasteiger partial charge in [0.05, 0.1) is 33.4 Å². The predicted octanol–water partition coefficient (Wildman–Crippen LogP) is 6.38. The normalized spacial score (nSPS) is 19.9. The molecule has 0 radical (unpaired) electrons. The number of rotatable bonds is 4. The fourth-order valence-electron chi connectivity index (χ4n) is 4.97. The quantitative estimate of drug-likeness (QED) is 0.154. The predicted molar refractivity (Wildman–Crippen MR) is 152 cm³/mol. The van der Waals surface area contributed by atoms with E-state index in [1.165, 1.54) is 29.4 Å². The SMILES string of the molecule is COc1cc([C@H]2/C(=C(\O)c3ccc4c(c3)C[C@H](C)O4)C(=O)C(=O)N2c2nc3ccc(Cl)cc3s2)cc(Br)c1O. The fourth-order valence-corrected chi connectivity index (χ4v) is 6.69. The first-order valence-electron chi connectivity index (χ1n) is 11.9. The van der Waals surface area contributed by atoms with Crippen LogP contribution in [0.15, 0.2) is 58.6 Å². The largest absolute Gasteiger partial charge is 0.507 e. The minimum absolute atomic E-state index is 0.00248. The molecule has 0 bridgehead atoms. The molecule has 1 saturated heterocycles. The number of hydrogen-bond donors (Lipinski definition) is 2. The molecule has 4 aromatic rings. The average Bonchev–Trinajstić information content (AvgIpc) is 3.57. The molecule has 6 rings (SSSR count). The molecule has 8 nitrogen and oxygen atoms in total. The van der Waals surface area contributed by atoms with Gasteiger partial charge in [-0.1, -0.05) is 22.9 Å². The van der Waals surface area contributed by atoms with Crippen LogP contribution in [0.2, 0.25) is 5.02 Å². The Bertz CT molecular complexity index is 1730. The number of Topliss-reactive ketones (excluding diaryl/α,β-unsaturated/α-hetero) is 1. The Hall–Kier alpha value is -3.60. The molecule has 2 aliphatic rings. The van der Waals surface area contributed by atoms with Gasteiger partial charge in [0, 0.05) is 17.0 Å². The van der Waals surface area contributed by atoms with E-state index < -0.39 is 17.7 Å². The summed E-state index contributed by atoms with van der Waals surface area (Å²) in [5.41, 5.74) is 2.21. The van der Waals surface area contributed by atoms with Gasteiger partial charge < -0.3 is 19.7 Å². The lowest BCUT2D eigenvalue weighted by molar-refractivity contribution is -0.132. The molecule has 11 heteroatoms. The number of anilines is 1. The maximum Gasteiger partial charge on any atom is 0.301 e. The average molecular weight is 628 g/mol. The number of aliphatic hydroxyl groups is 1. The number of ether oxygens (including phenoxy) is 2. The van der Waals surface area contributed by atoms with Crippen LogP contribution in [-0.2, 0) is 16.0 Å². The van der Waals surface area contributed by atoms with Gasteiger partial charge in [0.15, 0.2) is 16.6 Å². The van der Waals surface area contributed by atoms with Gasteiger partial charge in [0.2, 0.25) is 0 Å². The van der Waals surface area contributed by atoms with Crippen LogP contribution in [0.5, 0.6) is 17.2 Å². The van der Waals surface area contributed by atoms with Crippen LogP contribution >= 0.6 is 38.9 Å². The van der Waals surface area contributed by atoms with Crippen LogP contribution in [0.4, 0.5) is 5.13 Å². The van der Waals surface area contributed by atoms with E-state index in [2.05, 4.69) is 20.9 Å². The number of hydrogen-bond acceptors (Lipinski definition) is 8. The Labute approximate surface area is 240 Å². The number of nitrogens with zero attached hydrogens (tertiary/aromatic N) is 2. The number of aromatic nitrogens is 1. The molecule has 1 amide bonds. The van der Waals surface area contributed by atoms with E-state index >= 15 is 0 Å². The number of phenolic OH excluding ortho intramolecular Hbond substituents is 1. The first kappa shape index (κ1) is 25.7. The summed E-state index contributed by atoms with van der Waals surface area (Å²) in [5.74, 6) is -1.31. The van der Waals surface area contributed by atoms with Gasteiger partial charge >= 0.3 is 5.91 Å². The molecule has 198 valence electrons. The van der Waals surface area contributed by atoms with Crippen molar-refractivity contribution in [1.82, 2.24) is 4.98 Å². The van der Waals surface area contributed by atoms with Gasteiger partial charge in [0.25, 0.3) is 5.78 Å². The van der Waals surface area contributed by atoms with Crippen molar-refractivity contribution in [3.63, 3.8) is 0 Å². The number of aliphatic hydroxyl groups excluding tert-OH is 1. The third kappa shape index (κ3) is 4.23. The second-order valence-electron chi connectivity index (χ2n) is 9.29. The van der Waals surface area contributed by atoms with Crippen LogP contribution in [0.1, 0.15) is 29.7 Å². The lowest BCUT2D eigenvalue weighted by atomic mass is 9.94. The summed E-state index contributed by atoms with van der Waals surface area (Å²) >= 11 is 10.7. The number of amides is 1. The van der Waals surface area contributed by atoms with Crippen molar-refractivity contribution in [2.45, 2.75) is 25.5 Å². The second kappa shape index (κ2) is 9.55. The molecule has 39 heavy (non-hydrogen) atoms. The lowest BCUT2D eigenvalue weighted by Crippen LogP contribution is -2.29. The molecule has 0 saturated carbocycles. The Morgan fingerprint density at radius 2 is 2.00 bits per heavy atom. The molecule has 0 unspecified atom stereocenters. The maximum atomic E-state index is 13.6. The Morgan fingerprint density at radius 3 is 2.77 bits per heavy atom. The van der Waals surface area contributed by atoms with Gasteiger partial charge in [0.1, 0.15) is 17.6 Å². The van der Waals surface area contributed by atoms with E-state index in [0.29, 0.717) is 32.6 Å². The summed E-state index contributed by atoms with van der Waals surface area (Å²) in [6.45, 7) is 1.95. The summed E-state index contributed by atoms with van der Waals surface area (Å²) in [7, 11) is 1.40. The van der Waals surface area contributed by atoms with Crippen molar-refractivity contribution in [3.8, 4) is 17.2 Å². The molecule has 0 aliphatic carbocycles. The van der Waals surface area contributed by atoms with Crippen molar-refractivity contribution in [1.29, 1.82) is 0 Å². The Kier molecular flexibility index (Phi) is 6.28. The Morgan fingerprint density at radius 1 is 1.21 bits per heavy atom. The zero-order valence-electron chi connectivity index (χ0n) is 20.6. The molecule has 3 heterocycles. The van der Waals surface area contributed by atoms with E-state index in [-0.39, 0.29) is 34.1 Å². The number of carbonyl (C=O) groups is 2. The van der Waals surface area contributed by atoms with Gasteiger partial charge in [-0.05, 0) is 82.5 Å². The minimum atomic E-state index is -1.06. The molecule has 1 fully saturated rings. The van der Waals surface area contributed by atoms with Crippen molar-refractivity contribution in [2.75, 3.05) is 12.0 Å². The highest BCUT2D eigenvalue weighted by atomic mass is 79.9. The van der Waals surface area contributed by atoms with E-state index in [0.717, 1.165) is 16.0 Å². The van der Waals surface area contributed by atoms with E-state index in [4.69, 9.17) is 21.1 Å². The van der Waals surface area contributed by atoms with Gasteiger partial charge in [-0.25, -0.2) is 4.98 Å². The van der Waals surface area contributed by atoms with E-state index in [9.17, 15) is 19.8 Å². The molecular formula is C28H20BrClN2O6S. The summed E-state index contributed by atoms with van der Waals surface area (Å²) in [6, 6.07) is 12.4. The summed E-state index contributed by atoms with van der Waals surface area (Å²) < 4.78 is 12.1. The minimum Gasteiger partial charge on any atom is -0.507 e. The fraction of sp³-hybridized carbons (Fsp3) is 0.179. The smallest absolute Gasteiger partial charge is 0.301 e. The highest BCUT2D eigenvalue weighted by Gasteiger charge is 2.48. The van der Waals surface area contributed by atoms with Crippen LogP contribution in [0.3, 0.4) is 0 Å². The second-order valence-corrected chi connectivity index (χ2v) is 11.6. The van der Waals surface area contributed by atoms with Crippen LogP contribution in [0.25, 0.3) is 16.0 Å². The molecule has 0 spiro atoms. The van der Waals surface area contributed by atoms with Crippen molar-refractivity contribution >= 4 is 71.7 Å². The maximum absolute atomic E-state index is 13.6. The lowest BCUT2D eigenvalue weighted by Gasteiger charge is -2.24. The first-order valence-corrected chi connectivity index (χ1v) is 13.9. The molecule has 1 aromatic heterocycles. The van der Waals surface area contributed by atoms with E-state index in [1.54, 1.807) is 42.5 Å². The topological polar surface area (TPSA) is 109 Å². The Balaban J connectivity index is 1.57. The van der Waals surface area contributed by atoms with Crippen molar-refractivity contribution < 1.29 is 29.3 Å². The molecule has 2 atom stereocenters. The first-order chi connectivity index (χ1) is 18.7. The monoisotopic (exact) mass is 626 g/mol. The number of benzene rings is 3. The highest BCUT2D eigenvalue weighted by molar-refractivity contribution is 9.10. The standard InChI is InChI=1S/C28H20BrClN2O6S/c1-12-7-14-8-13(3-6-19(14)38-12)24(33)22-23(15-9-17(29)25(34)20(10-15)37-2)32(27(36)26(22)35)28-31-18-5-4-16(30)11-21(18)39-28/h3-6,8-12,23,33-34H,7H2,1-2H3/b24-22+/t12-,23-/m0/s1. The van der Waals surface area contributed by atoms with Crippen LogP contribution in [0, 0.1) is 0 Å². The number of aromatic hydroxyl groups is 1. The van der Waals surface area contributed by atoms with Gasteiger partial charge in [-0.2, -0.15) is 0 Å². The summed E-state index contributed by atoms with van der Waals surface area (Å²) in [5, 5.41) is 22.7. The van der Waals surface area contributed by atoms with Crippen molar-refractivity contribution in [3.05, 3.63) is 80.3 Å². The third-order valence-corrected chi connectivity index (χ3v) is 8.60. The number of thiazole rings is 1. The van der Waals surface area contributed by atoms with Crippen molar-refractivity contribution in [2.24, 2.45) is 0 Å². The zero-order chi connectivity index (χ0) is 27.6. The van der Waals surface area contributed by atoms with Gasteiger partial charge in [-0.3, -0.25) is 14.5 Å². The molecule has 2 N–H and O–H groups in total. The number of ketones is 1. The number of fused-ring (bicyclic) bond motifs is 2. The van der Waals surface area contributed by atoms with E-state index in [1.807, 2.05) is 6.92 Å². The van der Waals surface area contributed by atoms with Crippen LogP contribution in [-0.4, -0.2) is 40.1 Å². The van der Waals surface area contributed by atoms with Gasteiger partial charge in [-0.15, -0.1) is 0 Å². The number of carbonyl (C=O) groups excluding carboxylic acids is 2. The molecular weight excluding hydrogens is 608 g/mol. The number of methoxy groups -OCH3 is 1. The third-order valence-electron chi connectivity index (χ3n) is 6.75. The number of phenols is 1.